The van der Waals surface area contributed by atoms with Gasteiger partial charge in [-0.25, -0.2) is 9.79 Å². The van der Waals surface area contributed by atoms with E-state index in [0.29, 0.717) is 16.1 Å². The van der Waals surface area contributed by atoms with E-state index in [1.807, 2.05) is 17.5 Å². The summed E-state index contributed by atoms with van der Waals surface area (Å²) in [6.45, 7) is 3.57. The van der Waals surface area contributed by atoms with Gasteiger partial charge in [0, 0.05) is 10.9 Å². The van der Waals surface area contributed by atoms with Crippen molar-refractivity contribution in [3.05, 3.63) is 81.2 Å². The second-order valence-corrected chi connectivity index (χ2v) is 9.15. The van der Waals surface area contributed by atoms with Crippen molar-refractivity contribution in [1.29, 1.82) is 0 Å². The molecule has 3 heterocycles. The maximum absolute atomic E-state index is 13.5. The van der Waals surface area contributed by atoms with Gasteiger partial charge in [-0.05, 0) is 43.0 Å². The van der Waals surface area contributed by atoms with Crippen LogP contribution in [0.5, 0.6) is 11.5 Å². The monoisotopic (exact) mass is 501 g/mol. The number of thiophene rings is 1. The number of aromatic nitrogens is 1. The first-order chi connectivity index (χ1) is 16.3. The summed E-state index contributed by atoms with van der Waals surface area (Å²) in [5.74, 6) is -1.24. The number of carbonyl (C=O) groups excluding carboxylic acids is 1. The SMILES string of the molecule is CCOC(=O)C1=C(C)N=c2sc(=Cc3cc(OC)c(O)c([N+](=O)[O-])c3)c(=O)n2C1c1cccs1. The first kappa shape index (κ1) is 23.4. The molecule has 1 unspecified atom stereocenters. The van der Waals surface area contributed by atoms with Crippen molar-refractivity contribution in [3.8, 4) is 11.5 Å². The van der Waals surface area contributed by atoms with E-state index in [0.717, 1.165) is 22.3 Å². The lowest BCUT2D eigenvalue weighted by Crippen LogP contribution is -2.39. The molecule has 1 aliphatic rings. The molecule has 34 heavy (non-hydrogen) atoms. The van der Waals surface area contributed by atoms with Crippen molar-refractivity contribution >= 4 is 40.4 Å². The Morgan fingerprint density at radius 3 is 2.79 bits per heavy atom. The average Bonchev–Trinajstić information content (AvgIpc) is 3.42. The zero-order valence-corrected chi connectivity index (χ0v) is 19.9. The first-order valence-corrected chi connectivity index (χ1v) is 11.7. The highest BCUT2D eigenvalue weighted by molar-refractivity contribution is 7.10. The second-order valence-electron chi connectivity index (χ2n) is 7.17. The number of rotatable bonds is 6. The van der Waals surface area contributed by atoms with Gasteiger partial charge >= 0.3 is 11.7 Å². The number of ether oxygens (including phenoxy) is 2. The van der Waals surface area contributed by atoms with E-state index in [1.165, 1.54) is 35.2 Å². The fraction of sp³-hybridized carbons (Fsp3) is 0.227. The molecule has 0 amide bonds. The Labute approximate surface area is 200 Å². The average molecular weight is 502 g/mol. The number of phenolic OH excluding ortho intramolecular Hbond substituents is 1. The molecule has 0 radical (unpaired) electrons. The minimum Gasteiger partial charge on any atom is -0.500 e. The van der Waals surface area contributed by atoms with E-state index in [4.69, 9.17) is 9.47 Å². The molecule has 1 atom stereocenters. The van der Waals surface area contributed by atoms with Gasteiger partial charge in [-0.15, -0.1) is 11.3 Å². The number of aromatic hydroxyl groups is 1. The van der Waals surface area contributed by atoms with Crippen molar-refractivity contribution in [3.63, 3.8) is 0 Å². The molecule has 2 aromatic heterocycles. The Morgan fingerprint density at radius 2 is 2.18 bits per heavy atom. The number of allylic oxidation sites excluding steroid dienone is 1. The normalized spacial score (nSPS) is 15.6. The third-order valence-corrected chi connectivity index (χ3v) is 7.03. The van der Waals surface area contributed by atoms with Crippen LogP contribution in [0.2, 0.25) is 0 Å². The van der Waals surface area contributed by atoms with Gasteiger partial charge in [0.2, 0.25) is 5.75 Å². The van der Waals surface area contributed by atoms with Crippen molar-refractivity contribution < 1.29 is 24.3 Å². The number of hydrogen-bond acceptors (Lipinski definition) is 10. The molecule has 0 bridgehead atoms. The number of nitrogens with zero attached hydrogens (tertiary/aromatic N) is 3. The lowest BCUT2D eigenvalue weighted by Gasteiger charge is -2.23. The van der Waals surface area contributed by atoms with Crippen molar-refractivity contribution in [2.75, 3.05) is 13.7 Å². The molecular formula is C22H19N3O7S2. The van der Waals surface area contributed by atoms with Crippen LogP contribution in [0.4, 0.5) is 5.69 Å². The molecule has 1 aromatic carbocycles. The summed E-state index contributed by atoms with van der Waals surface area (Å²) in [5, 5.41) is 23.2. The Balaban J connectivity index is 1.94. The van der Waals surface area contributed by atoms with Crippen LogP contribution in [0.25, 0.3) is 6.08 Å². The van der Waals surface area contributed by atoms with Crippen LogP contribution in [-0.4, -0.2) is 34.3 Å². The summed E-state index contributed by atoms with van der Waals surface area (Å²) in [5.41, 5.74) is 0.0684. The summed E-state index contributed by atoms with van der Waals surface area (Å²) < 4.78 is 12.0. The standard InChI is InChI=1S/C22H19N3O7S2/c1-4-32-21(28)17-11(2)23-22-24(18(17)15-6-5-7-33-15)20(27)16(34-22)10-12-8-13(25(29)30)19(26)14(9-12)31-3/h5-10,18,26H,4H2,1-3H3. The first-order valence-electron chi connectivity index (χ1n) is 10.0. The summed E-state index contributed by atoms with van der Waals surface area (Å²) in [4.78, 5) is 42.5. The fourth-order valence-electron chi connectivity index (χ4n) is 3.65. The Bertz CT molecular complexity index is 1500. The number of nitro benzene ring substituents is 1. The molecule has 1 aliphatic heterocycles. The molecule has 0 aliphatic carbocycles. The predicted molar refractivity (Wildman–Crippen MR) is 126 cm³/mol. The highest BCUT2D eigenvalue weighted by Gasteiger charge is 2.34. The summed E-state index contributed by atoms with van der Waals surface area (Å²) in [7, 11) is 1.27. The van der Waals surface area contributed by atoms with Gasteiger partial charge < -0.3 is 14.6 Å². The maximum atomic E-state index is 13.5. The van der Waals surface area contributed by atoms with Gasteiger partial charge in [-0.3, -0.25) is 19.5 Å². The molecular weight excluding hydrogens is 482 g/mol. The number of fused-ring (bicyclic) bond motifs is 1. The zero-order chi connectivity index (χ0) is 24.6. The van der Waals surface area contributed by atoms with E-state index >= 15 is 0 Å². The molecule has 3 aromatic rings. The van der Waals surface area contributed by atoms with Crippen LogP contribution in [0.1, 0.15) is 30.3 Å². The lowest BCUT2D eigenvalue weighted by atomic mass is 10.0. The van der Waals surface area contributed by atoms with Crippen LogP contribution in [-0.2, 0) is 9.53 Å². The van der Waals surface area contributed by atoms with Crippen LogP contribution in [0.15, 0.2) is 50.7 Å². The number of benzene rings is 1. The third-order valence-electron chi connectivity index (χ3n) is 5.12. The maximum Gasteiger partial charge on any atom is 0.338 e. The Hall–Kier alpha value is -3.77. The number of hydrogen-bond donors (Lipinski definition) is 1. The van der Waals surface area contributed by atoms with E-state index in [2.05, 4.69) is 4.99 Å². The molecule has 10 nitrogen and oxygen atoms in total. The minimum absolute atomic E-state index is 0.0925. The van der Waals surface area contributed by atoms with Crippen molar-refractivity contribution in [2.24, 2.45) is 4.99 Å². The van der Waals surface area contributed by atoms with Gasteiger partial charge in [0.15, 0.2) is 10.6 Å². The molecule has 12 heteroatoms. The van der Waals surface area contributed by atoms with Gasteiger partial charge in [0.25, 0.3) is 5.56 Å². The number of nitro groups is 1. The predicted octanol–water partition coefficient (Wildman–Crippen LogP) is 2.48. The van der Waals surface area contributed by atoms with Crippen LogP contribution in [0, 0.1) is 10.1 Å². The van der Waals surface area contributed by atoms with E-state index in [1.54, 1.807) is 13.8 Å². The van der Waals surface area contributed by atoms with Gasteiger partial charge in [0.05, 0.1) is 34.4 Å². The molecule has 4 rings (SSSR count). The van der Waals surface area contributed by atoms with Gasteiger partial charge in [-0.1, -0.05) is 17.4 Å². The molecule has 1 N–H and O–H groups in total. The largest absolute Gasteiger partial charge is 0.500 e. The van der Waals surface area contributed by atoms with E-state index in [9.17, 15) is 24.8 Å². The van der Waals surface area contributed by atoms with Crippen LogP contribution < -0.4 is 19.6 Å². The third kappa shape index (κ3) is 4.01. The molecule has 0 spiro atoms. The summed E-state index contributed by atoms with van der Waals surface area (Å²) in [6, 6.07) is 5.50. The van der Waals surface area contributed by atoms with Gasteiger partial charge in [-0.2, -0.15) is 0 Å². The van der Waals surface area contributed by atoms with Gasteiger partial charge in [0.1, 0.15) is 6.04 Å². The molecule has 0 saturated carbocycles. The second kappa shape index (κ2) is 9.23. The summed E-state index contributed by atoms with van der Waals surface area (Å²) >= 11 is 2.49. The highest BCUT2D eigenvalue weighted by Crippen LogP contribution is 2.37. The number of methoxy groups -OCH3 is 1. The molecule has 0 fully saturated rings. The van der Waals surface area contributed by atoms with Crippen LogP contribution >= 0.6 is 22.7 Å². The van der Waals surface area contributed by atoms with E-state index < -0.39 is 33.9 Å². The number of phenols is 1. The number of carbonyl (C=O) groups is 1. The lowest BCUT2D eigenvalue weighted by molar-refractivity contribution is -0.386. The Kier molecular flexibility index (Phi) is 6.35. The van der Waals surface area contributed by atoms with Crippen molar-refractivity contribution in [1.82, 2.24) is 4.57 Å². The highest BCUT2D eigenvalue weighted by atomic mass is 32.1. The summed E-state index contributed by atoms with van der Waals surface area (Å²) in [6.07, 6.45) is 1.47. The van der Waals surface area contributed by atoms with Crippen molar-refractivity contribution in [2.45, 2.75) is 19.9 Å². The number of thiazole rings is 1. The van der Waals surface area contributed by atoms with E-state index in [-0.39, 0.29) is 22.5 Å². The Morgan fingerprint density at radius 1 is 1.41 bits per heavy atom. The number of esters is 1. The topological polar surface area (TPSA) is 133 Å². The molecule has 0 saturated heterocycles. The zero-order valence-electron chi connectivity index (χ0n) is 18.3. The smallest absolute Gasteiger partial charge is 0.338 e. The minimum atomic E-state index is -0.734. The quantitative estimate of drug-likeness (QED) is 0.312. The van der Waals surface area contributed by atoms with Crippen LogP contribution in [0.3, 0.4) is 0 Å². The fourth-order valence-corrected chi connectivity index (χ4v) is 5.52. The molecule has 176 valence electrons.